The van der Waals surface area contributed by atoms with Gasteiger partial charge in [0.05, 0.1) is 6.54 Å². The number of carbonyl (C=O) groups is 3. The number of ketones is 1. The van der Waals surface area contributed by atoms with Gasteiger partial charge in [0.1, 0.15) is 5.54 Å². The van der Waals surface area contributed by atoms with Crippen LogP contribution in [0.15, 0.2) is 12.1 Å². The van der Waals surface area contributed by atoms with Crippen molar-refractivity contribution in [2.24, 2.45) is 0 Å². The van der Waals surface area contributed by atoms with Crippen LogP contribution < -0.4 is 5.32 Å². The Morgan fingerprint density at radius 2 is 1.56 bits per heavy atom. The molecule has 0 unspecified atom stereocenters. The monoisotopic (exact) mass is 344 g/mol. The fourth-order valence-electron chi connectivity index (χ4n) is 3.98. The topological polar surface area (TPSA) is 66.5 Å². The molecule has 5 heteroatoms. The number of hydrogen-bond donors (Lipinski definition) is 1. The van der Waals surface area contributed by atoms with E-state index in [9.17, 15) is 14.4 Å². The van der Waals surface area contributed by atoms with Crippen LogP contribution in [0.1, 0.15) is 66.6 Å². The van der Waals surface area contributed by atoms with E-state index in [1.54, 1.807) is 0 Å². The van der Waals surface area contributed by atoms with Crippen molar-refractivity contribution in [1.29, 1.82) is 0 Å². The van der Waals surface area contributed by atoms with E-state index in [2.05, 4.69) is 5.32 Å². The molecule has 0 aliphatic carbocycles. The van der Waals surface area contributed by atoms with Gasteiger partial charge in [0.15, 0.2) is 5.78 Å². The van der Waals surface area contributed by atoms with Crippen LogP contribution in [0.25, 0.3) is 0 Å². The van der Waals surface area contributed by atoms with Crippen LogP contribution in [0.3, 0.4) is 0 Å². The highest BCUT2D eigenvalue weighted by Gasteiger charge is 2.50. The van der Waals surface area contributed by atoms with Crippen molar-refractivity contribution in [3.05, 3.63) is 34.4 Å². The average Bonchev–Trinajstić information content (AvgIpc) is 2.71. The zero-order chi connectivity index (χ0) is 18.8. The summed E-state index contributed by atoms with van der Waals surface area (Å²) in [5, 5.41) is 2.85. The fourth-order valence-corrected chi connectivity index (χ4v) is 3.98. The third-order valence-electron chi connectivity index (χ3n) is 4.86. The van der Waals surface area contributed by atoms with E-state index >= 15 is 0 Å². The van der Waals surface area contributed by atoms with Gasteiger partial charge >= 0.3 is 6.03 Å². The Morgan fingerprint density at radius 1 is 1.04 bits per heavy atom. The Hall–Kier alpha value is -2.17. The normalized spacial score (nSPS) is 16.3. The van der Waals surface area contributed by atoms with Crippen molar-refractivity contribution in [2.75, 3.05) is 6.54 Å². The summed E-state index contributed by atoms with van der Waals surface area (Å²) in [5.41, 5.74) is 2.60. The molecule has 0 spiro atoms. The second-order valence-corrected chi connectivity index (χ2v) is 7.10. The predicted octanol–water partition coefficient (Wildman–Crippen LogP) is 3.69. The molecule has 1 aliphatic heterocycles. The Labute approximate surface area is 149 Å². The van der Waals surface area contributed by atoms with E-state index < -0.39 is 11.6 Å². The molecule has 1 N–H and O–H groups in total. The van der Waals surface area contributed by atoms with E-state index in [-0.39, 0.29) is 18.2 Å². The summed E-state index contributed by atoms with van der Waals surface area (Å²) in [6, 6.07) is 3.44. The van der Waals surface area contributed by atoms with Crippen LogP contribution in [0.4, 0.5) is 4.79 Å². The van der Waals surface area contributed by atoms with Crippen LogP contribution >= 0.6 is 0 Å². The maximum Gasteiger partial charge on any atom is 0.325 e. The van der Waals surface area contributed by atoms with Gasteiger partial charge in [-0.15, -0.1) is 0 Å². The quantitative estimate of drug-likeness (QED) is 0.606. The average molecular weight is 344 g/mol. The number of rotatable bonds is 7. The Balaban J connectivity index is 2.27. The molecule has 0 aromatic heterocycles. The smallest absolute Gasteiger partial charge is 0.323 e. The highest BCUT2D eigenvalue weighted by molar-refractivity contribution is 6.11. The number of benzene rings is 1. The van der Waals surface area contributed by atoms with Gasteiger partial charge in [-0.3, -0.25) is 14.5 Å². The molecule has 1 saturated heterocycles. The third-order valence-corrected chi connectivity index (χ3v) is 4.86. The molecule has 136 valence electrons. The maximum absolute atomic E-state index is 12.9. The SMILES string of the molecule is CCCC1(CCC)NC(=O)N(CC(=O)c2c(C)cc(C)cc2C)C1=O. The van der Waals surface area contributed by atoms with Gasteiger partial charge < -0.3 is 5.32 Å². The lowest BCUT2D eigenvalue weighted by Gasteiger charge is -2.25. The van der Waals surface area contributed by atoms with Crippen LogP contribution in [0, 0.1) is 20.8 Å². The minimum Gasteiger partial charge on any atom is -0.323 e. The van der Waals surface area contributed by atoms with Crippen LogP contribution in [0.5, 0.6) is 0 Å². The summed E-state index contributed by atoms with van der Waals surface area (Å²) >= 11 is 0. The first kappa shape index (κ1) is 19.2. The Kier molecular flexibility index (Phi) is 5.65. The summed E-state index contributed by atoms with van der Waals surface area (Å²) in [6.45, 7) is 9.53. The minimum atomic E-state index is -0.849. The molecule has 0 radical (unpaired) electrons. The molecule has 5 nitrogen and oxygen atoms in total. The van der Waals surface area contributed by atoms with Crippen molar-refractivity contribution in [1.82, 2.24) is 10.2 Å². The molecule has 0 saturated carbocycles. The number of imide groups is 1. The molecule has 3 amide bonds. The van der Waals surface area contributed by atoms with Crippen molar-refractivity contribution in [2.45, 2.75) is 65.8 Å². The van der Waals surface area contributed by atoms with Crippen LogP contribution in [-0.2, 0) is 4.79 Å². The standard InChI is InChI=1S/C20H28N2O3/c1-6-8-20(9-7-2)18(24)22(19(25)21-20)12-16(23)17-14(4)10-13(3)11-15(17)5/h10-11H,6-9,12H2,1-5H3,(H,21,25). The summed E-state index contributed by atoms with van der Waals surface area (Å²) in [6.07, 6.45) is 2.78. The van der Waals surface area contributed by atoms with Crippen molar-refractivity contribution in [3.63, 3.8) is 0 Å². The molecule has 0 bridgehead atoms. The highest BCUT2D eigenvalue weighted by atomic mass is 16.2. The molecular formula is C20H28N2O3. The summed E-state index contributed by atoms with van der Waals surface area (Å²) in [5.74, 6) is -0.459. The lowest BCUT2D eigenvalue weighted by atomic mass is 9.88. The summed E-state index contributed by atoms with van der Waals surface area (Å²) in [7, 11) is 0. The van der Waals surface area contributed by atoms with E-state index in [1.807, 2.05) is 46.8 Å². The molecule has 1 aliphatic rings. The number of Topliss-reactive ketones (excluding diaryl/α,β-unsaturated/α-hetero) is 1. The van der Waals surface area contributed by atoms with Crippen LogP contribution in [0.2, 0.25) is 0 Å². The molecular weight excluding hydrogens is 316 g/mol. The number of nitrogens with one attached hydrogen (secondary N) is 1. The molecule has 1 aromatic rings. The first-order valence-electron chi connectivity index (χ1n) is 9.01. The molecule has 0 atom stereocenters. The van der Waals surface area contributed by atoms with Gasteiger partial charge in [0, 0.05) is 5.56 Å². The van der Waals surface area contributed by atoms with E-state index in [0.717, 1.165) is 34.4 Å². The molecule has 2 rings (SSSR count). The second kappa shape index (κ2) is 7.38. The summed E-state index contributed by atoms with van der Waals surface area (Å²) in [4.78, 5) is 39.2. The molecule has 1 aromatic carbocycles. The number of carbonyl (C=O) groups excluding carboxylic acids is 3. The lowest BCUT2D eigenvalue weighted by Crippen LogP contribution is -2.47. The maximum atomic E-state index is 12.9. The molecule has 25 heavy (non-hydrogen) atoms. The van der Waals surface area contributed by atoms with Crippen molar-refractivity contribution in [3.8, 4) is 0 Å². The number of urea groups is 1. The Bertz CT molecular complexity index is 680. The van der Waals surface area contributed by atoms with Gasteiger partial charge in [-0.25, -0.2) is 4.79 Å². The number of hydrogen-bond acceptors (Lipinski definition) is 3. The largest absolute Gasteiger partial charge is 0.325 e. The predicted molar refractivity (Wildman–Crippen MR) is 97.8 cm³/mol. The van der Waals surface area contributed by atoms with Crippen molar-refractivity contribution < 1.29 is 14.4 Å². The van der Waals surface area contributed by atoms with E-state index in [0.29, 0.717) is 18.4 Å². The second-order valence-electron chi connectivity index (χ2n) is 7.10. The van der Waals surface area contributed by atoms with Gasteiger partial charge in [-0.1, -0.05) is 44.4 Å². The van der Waals surface area contributed by atoms with Gasteiger partial charge in [0.2, 0.25) is 0 Å². The van der Waals surface area contributed by atoms with E-state index in [4.69, 9.17) is 0 Å². The zero-order valence-corrected chi connectivity index (χ0v) is 15.9. The van der Waals surface area contributed by atoms with Gasteiger partial charge in [0.25, 0.3) is 5.91 Å². The zero-order valence-electron chi connectivity index (χ0n) is 15.9. The van der Waals surface area contributed by atoms with Crippen LogP contribution in [-0.4, -0.2) is 34.7 Å². The number of aryl methyl sites for hydroxylation is 3. The molecule has 1 heterocycles. The Morgan fingerprint density at radius 3 is 2.04 bits per heavy atom. The first-order chi connectivity index (χ1) is 11.8. The third kappa shape index (κ3) is 3.60. The van der Waals surface area contributed by atoms with Gasteiger partial charge in [-0.05, 0) is 44.7 Å². The highest BCUT2D eigenvalue weighted by Crippen LogP contribution is 2.28. The minimum absolute atomic E-state index is 0.192. The van der Waals surface area contributed by atoms with E-state index in [1.165, 1.54) is 0 Å². The fraction of sp³-hybridized carbons (Fsp3) is 0.550. The first-order valence-corrected chi connectivity index (χ1v) is 9.01. The number of nitrogens with zero attached hydrogens (tertiary/aromatic N) is 1. The lowest BCUT2D eigenvalue weighted by molar-refractivity contribution is -0.131. The summed E-state index contributed by atoms with van der Waals surface area (Å²) < 4.78 is 0. The number of amides is 3. The van der Waals surface area contributed by atoms with Crippen molar-refractivity contribution >= 4 is 17.7 Å². The van der Waals surface area contributed by atoms with Gasteiger partial charge in [-0.2, -0.15) is 0 Å². The molecule has 1 fully saturated rings.